The summed E-state index contributed by atoms with van der Waals surface area (Å²) in [4.78, 5) is 25.8. The third-order valence-electron chi connectivity index (χ3n) is 9.26. The Morgan fingerprint density at radius 3 is 2.61 bits per heavy atom. The van der Waals surface area contributed by atoms with Gasteiger partial charge in [0.1, 0.15) is 5.76 Å². The summed E-state index contributed by atoms with van der Waals surface area (Å²) < 4.78 is 5.32. The SMILES string of the molecule is C[C@H]1[C@@H]2[C@@H](O)C([C@H](C)C(=O)NCc3ccco3)CC[C@@]2(C)CC[C@@H]1NC(=O)C1CCCCC1. The molecule has 33 heavy (non-hydrogen) atoms. The molecule has 3 N–H and O–H groups in total. The van der Waals surface area contributed by atoms with Gasteiger partial charge in [-0.25, -0.2) is 0 Å². The summed E-state index contributed by atoms with van der Waals surface area (Å²) in [6.45, 7) is 6.80. The minimum atomic E-state index is -0.544. The number of fused-ring (bicyclic) bond motifs is 1. The lowest BCUT2D eigenvalue weighted by atomic mass is 9.51. The molecule has 184 valence electrons. The summed E-state index contributed by atoms with van der Waals surface area (Å²) in [6, 6.07) is 3.76. The first-order valence-corrected chi connectivity index (χ1v) is 13.1. The van der Waals surface area contributed by atoms with Crippen molar-refractivity contribution in [1.82, 2.24) is 10.6 Å². The van der Waals surface area contributed by atoms with Gasteiger partial charge in [0.2, 0.25) is 11.8 Å². The molecular formula is C27H42N2O4. The van der Waals surface area contributed by atoms with Crippen molar-refractivity contribution in [2.24, 2.45) is 35.0 Å². The van der Waals surface area contributed by atoms with E-state index >= 15 is 0 Å². The number of carbonyl (C=O) groups excluding carboxylic acids is 2. The zero-order valence-corrected chi connectivity index (χ0v) is 20.5. The predicted molar refractivity (Wildman–Crippen MR) is 127 cm³/mol. The third-order valence-corrected chi connectivity index (χ3v) is 9.26. The average molecular weight is 459 g/mol. The van der Waals surface area contributed by atoms with Crippen LogP contribution in [0.1, 0.15) is 84.3 Å². The quantitative estimate of drug-likeness (QED) is 0.588. The molecule has 0 aliphatic heterocycles. The van der Waals surface area contributed by atoms with Crippen molar-refractivity contribution in [3.63, 3.8) is 0 Å². The Morgan fingerprint density at radius 1 is 1.18 bits per heavy atom. The smallest absolute Gasteiger partial charge is 0.223 e. The van der Waals surface area contributed by atoms with E-state index in [1.165, 1.54) is 6.42 Å². The van der Waals surface area contributed by atoms with Crippen LogP contribution < -0.4 is 10.6 Å². The minimum Gasteiger partial charge on any atom is -0.467 e. The van der Waals surface area contributed by atoms with E-state index < -0.39 is 6.10 Å². The lowest BCUT2D eigenvalue weighted by Crippen LogP contribution is -2.59. The zero-order valence-electron chi connectivity index (χ0n) is 20.5. The molecule has 6 nitrogen and oxygen atoms in total. The summed E-state index contributed by atoms with van der Waals surface area (Å²) in [5, 5.41) is 17.9. The first kappa shape index (κ1) is 24.3. The predicted octanol–water partition coefficient (Wildman–Crippen LogP) is 4.42. The fraction of sp³-hybridized carbons (Fsp3) is 0.778. The van der Waals surface area contributed by atoms with Crippen LogP contribution in [0.3, 0.4) is 0 Å². The second-order valence-electron chi connectivity index (χ2n) is 11.3. The van der Waals surface area contributed by atoms with Gasteiger partial charge >= 0.3 is 0 Å². The molecule has 0 radical (unpaired) electrons. The maximum absolute atomic E-state index is 12.9. The van der Waals surface area contributed by atoms with Crippen LogP contribution in [-0.2, 0) is 16.1 Å². The highest BCUT2D eigenvalue weighted by Crippen LogP contribution is 2.55. The maximum Gasteiger partial charge on any atom is 0.223 e. The molecule has 0 aromatic carbocycles. The molecule has 3 fully saturated rings. The van der Waals surface area contributed by atoms with Crippen molar-refractivity contribution >= 4 is 11.8 Å². The maximum atomic E-state index is 12.9. The van der Waals surface area contributed by atoms with Crippen molar-refractivity contribution < 1.29 is 19.1 Å². The molecule has 0 spiro atoms. The first-order valence-electron chi connectivity index (χ1n) is 13.1. The van der Waals surface area contributed by atoms with Crippen LogP contribution in [0.2, 0.25) is 0 Å². The van der Waals surface area contributed by atoms with Crippen LogP contribution in [0, 0.1) is 35.0 Å². The standard InChI is InChI=1S/C27H42N2O4/c1-17(25(31)28-16-20-10-7-15-33-20)21-11-13-27(3)14-12-22(18(2)23(27)24(21)30)29-26(32)19-8-5-4-6-9-19/h7,10,15,17-19,21-24,30H,4-6,8-9,11-14,16H2,1-3H3,(H,28,31)(H,29,32)/t17-,18+,21?,22-,23+,24-,27-/m0/s1. The highest BCUT2D eigenvalue weighted by molar-refractivity contribution is 5.79. The molecule has 6 heteroatoms. The summed E-state index contributed by atoms with van der Waals surface area (Å²) in [7, 11) is 0. The second kappa shape index (κ2) is 10.2. The highest BCUT2D eigenvalue weighted by Gasteiger charge is 2.54. The van der Waals surface area contributed by atoms with Crippen LogP contribution in [0.5, 0.6) is 0 Å². The summed E-state index contributed by atoms with van der Waals surface area (Å²) in [5.74, 6) is 0.978. The Balaban J connectivity index is 1.40. The van der Waals surface area contributed by atoms with Crippen LogP contribution in [0.4, 0.5) is 0 Å². The number of carbonyl (C=O) groups is 2. The Kier molecular flexibility index (Phi) is 7.52. The van der Waals surface area contributed by atoms with Crippen molar-refractivity contribution in [3.05, 3.63) is 24.2 Å². The molecule has 7 atom stereocenters. The van der Waals surface area contributed by atoms with Gasteiger partial charge in [-0.3, -0.25) is 9.59 Å². The average Bonchev–Trinajstić information content (AvgIpc) is 3.33. The molecule has 1 heterocycles. The molecule has 3 aliphatic carbocycles. The summed E-state index contributed by atoms with van der Waals surface area (Å²) in [6.07, 6.45) is 10.5. The molecule has 1 unspecified atom stereocenters. The lowest BCUT2D eigenvalue weighted by Gasteiger charge is -2.56. The lowest BCUT2D eigenvalue weighted by molar-refractivity contribution is -0.144. The van der Waals surface area contributed by atoms with Crippen LogP contribution in [-0.4, -0.2) is 29.1 Å². The number of nitrogens with one attached hydrogen (secondary N) is 2. The van der Waals surface area contributed by atoms with E-state index in [0.29, 0.717) is 6.54 Å². The number of furan rings is 1. The van der Waals surface area contributed by atoms with Gasteiger partial charge in [0.15, 0.2) is 0 Å². The van der Waals surface area contributed by atoms with Gasteiger partial charge in [-0.1, -0.05) is 40.0 Å². The monoisotopic (exact) mass is 458 g/mol. The fourth-order valence-corrected chi connectivity index (χ4v) is 7.11. The van der Waals surface area contributed by atoms with Crippen molar-refractivity contribution in [2.75, 3.05) is 0 Å². The highest BCUT2D eigenvalue weighted by atomic mass is 16.3. The molecule has 3 aliphatic rings. The zero-order chi connectivity index (χ0) is 23.6. The van der Waals surface area contributed by atoms with E-state index in [2.05, 4.69) is 24.5 Å². The molecule has 1 aromatic heterocycles. The Bertz CT molecular complexity index is 803. The third kappa shape index (κ3) is 5.16. The molecule has 2 amide bonds. The molecule has 0 bridgehead atoms. The van der Waals surface area contributed by atoms with Crippen LogP contribution in [0.15, 0.2) is 22.8 Å². The number of hydrogen-bond acceptors (Lipinski definition) is 4. The van der Waals surface area contributed by atoms with E-state index in [-0.39, 0.29) is 52.9 Å². The van der Waals surface area contributed by atoms with Crippen molar-refractivity contribution in [3.8, 4) is 0 Å². The fourth-order valence-electron chi connectivity index (χ4n) is 7.11. The van der Waals surface area contributed by atoms with Gasteiger partial charge in [-0.15, -0.1) is 0 Å². The Hall–Kier alpha value is -1.82. The van der Waals surface area contributed by atoms with Gasteiger partial charge in [0.05, 0.1) is 18.9 Å². The topological polar surface area (TPSA) is 91.6 Å². The van der Waals surface area contributed by atoms with Gasteiger partial charge < -0.3 is 20.2 Å². The molecular weight excluding hydrogens is 416 g/mol. The van der Waals surface area contributed by atoms with Crippen LogP contribution in [0.25, 0.3) is 0 Å². The number of aliphatic hydroxyl groups excluding tert-OH is 1. The Labute approximate surface area is 198 Å². The largest absolute Gasteiger partial charge is 0.467 e. The van der Waals surface area contributed by atoms with Crippen LogP contribution >= 0.6 is 0 Å². The number of rotatable bonds is 6. The molecule has 1 aromatic rings. The van der Waals surface area contributed by atoms with E-state index in [1.807, 2.05) is 19.1 Å². The van der Waals surface area contributed by atoms with Crippen molar-refractivity contribution in [2.45, 2.75) is 97.2 Å². The molecule has 0 saturated heterocycles. The van der Waals surface area contributed by atoms with E-state index in [4.69, 9.17) is 4.42 Å². The number of hydrogen-bond donors (Lipinski definition) is 3. The van der Waals surface area contributed by atoms with E-state index in [1.54, 1.807) is 6.26 Å². The molecule has 4 rings (SSSR count). The molecule has 3 saturated carbocycles. The van der Waals surface area contributed by atoms with E-state index in [0.717, 1.165) is 57.1 Å². The first-order chi connectivity index (χ1) is 15.8. The minimum absolute atomic E-state index is 0.0373. The van der Waals surface area contributed by atoms with Gasteiger partial charge in [-0.05, 0) is 73.8 Å². The number of amides is 2. The summed E-state index contributed by atoms with van der Waals surface area (Å²) >= 11 is 0. The summed E-state index contributed by atoms with van der Waals surface area (Å²) in [5.41, 5.74) is 0.0613. The normalized spacial score (nSPS) is 35.9. The van der Waals surface area contributed by atoms with Gasteiger partial charge in [0.25, 0.3) is 0 Å². The van der Waals surface area contributed by atoms with Gasteiger partial charge in [-0.2, -0.15) is 0 Å². The van der Waals surface area contributed by atoms with Gasteiger partial charge in [0, 0.05) is 17.9 Å². The number of aliphatic hydroxyl groups is 1. The van der Waals surface area contributed by atoms with Crippen molar-refractivity contribution in [1.29, 1.82) is 0 Å². The van der Waals surface area contributed by atoms with E-state index in [9.17, 15) is 14.7 Å². The second-order valence-corrected chi connectivity index (χ2v) is 11.3. The Morgan fingerprint density at radius 2 is 1.91 bits per heavy atom.